The summed E-state index contributed by atoms with van der Waals surface area (Å²) in [5, 5.41) is 3.31. The summed E-state index contributed by atoms with van der Waals surface area (Å²) in [5.41, 5.74) is 4.72. The van der Waals surface area contributed by atoms with E-state index in [0.717, 1.165) is 16.7 Å². The van der Waals surface area contributed by atoms with Crippen molar-refractivity contribution in [1.29, 1.82) is 0 Å². The molecule has 0 atom stereocenters. The topological polar surface area (TPSA) is 68.2 Å². The molecule has 3 aromatic carbocycles. The highest BCUT2D eigenvalue weighted by Crippen LogP contribution is 2.17. The zero-order chi connectivity index (χ0) is 22.8. The van der Waals surface area contributed by atoms with E-state index < -0.39 is 0 Å². The number of amides is 1. The van der Waals surface area contributed by atoms with Gasteiger partial charge in [0.05, 0.1) is 11.1 Å². The molecule has 0 aliphatic rings. The molecule has 1 aromatic heterocycles. The molecule has 160 valence electrons. The van der Waals surface area contributed by atoms with Crippen LogP contribution in [-0.4, -0.2) is 16.3 Å². The van der Waals surface area contributed by atoms with E-state index in [1.54, 1.807) is 41.0 Å². The lowest BCUT2D eigenvalue weighted by Gasteiger charge is -2.14. The van der Waals surface area contributed by atoms with Gasteiger partial charge in [0.25, 0.3) is 0 Å². The van der Waals surface area contributed by atoms with Gasteiger partial charge in [0.1, 0.15) is 6.54 Å². The summed E-state index contributed by atoms with van der Waals surface area (Å²) in [5.74, 6) is -0.597. The molecule has 0 bridgehead atoms. The number of anilines is 1. The normalized spacial score (nSPS) is 10.8. The Balaban J connectivity index is 1.72. The van der Waals surface area contributed by atoms with Gasteiger partial charge in [-0.3, -0.25) is 14.4 Å². The van der Waals surface area contributed by atoms with Crippen LogP contribution in [0.25, 0.3) is 10.9 Å². The van der Waals surface area contributed by atoms with Crippen LogP contribution in [0.3, 0.4) is 0 Å². The maximum absolute atomic E-state index is 13.1. The molecule has 5 nitrogen and oxygen atoms in total. The summed E-state index contributed by atoms with van der Waals surface area (Å²) < 4.78 is 1.66. The molecule has 0 saturated heterocycles. The van der Waals surface area contributed by atoms with E-state index >= 15 is 0 Å². The zero-order valence-electron chi connectivity index (χ0n) is 18.3. The Morgan fingerprint density at radius 2 is 1.59 bits per heavy atom. The number of hydrogen-bond donors (Lipinski definition) is 1. The van der Waals surface area contributed by atoms with Gasteiger partial charge >= 0.3 is 0 Å². The maximum atomic E-state index is 13.1. The first-order valence-corrected chi connectivity index (χ1v) is 10.4. The Hall–Kier alpha value is -3.99. The molecule has 5 heteroatoms. The van der Waals surface area contributed by atoms with Crippen molar-refractivity contribution in [2.45, 2.75) is 27.3 Å². The first kappa shape index (κ1) is 21.2. The van der Waals surface area contributed by atoms with Gasteiger partial charge in [0.2, 0.25) is 11.3 Å². The van der Waals surface area contributed by atoms with Crippen molar-refractivity contribution in [2.75, 3.05) is 5.32 Å². The van der Waals surface area contributed by atoms with Gasteiger partial charge in [-0.25, -0.2) is 0 Å². The second-order valence-corrected chi connectivity index (χ2v) is 8.06. The number of fused-ring (bicyclic) bond motifs is 1. The SMILES string of the molecule is Cc1ccc(C(=O)c2cn(CC(=O)Nc3ccc(C)c(C)c3)c3ccccc3c2=O)cc1. The van der Waals surface area contributed by atoms with Gasteiger partial charge in [-0.15, -0.1) is 0 Å². The third-order valence-corrected chi connectivity index (χ3v) is 5.65. The third kappa shape index (κ3) is 4.23. The van der Waals surface area contributed by atoms with Gasteiger partial charge in [-0.05, 0) is 56.2 Å². The van der Waals surface area contributed by atoms with E-state index in [-0.39, 0.29) is 29.2 Å². The molecule has 0 spiro atoms. The summed E-state index contributed by atoms with van der Waals surface area (Å²) in [7, 11) is 0. The van der Waals surface area contributed by atoms with Crippen molar-refractivity contribution in [1.82, 2.24) is 4.57 Å². The number of rotatable bonds is 5. The average Bonchev–Trinajstić information content (AvgIpc) is 2.78. The number of hydrogen-bond acceptors (Lipinski definition) is 3. The van der Waals surface area contributed by atoms with Gasteiger partial charge < -0.3 is 9.88 Å². The van der Waals surface area contributed by atoms with Crippen LogP contribution < -0.4 is 10.7 Å². The average molecular weight is 425 g/mol. The van der Waals surface area contributed by atoms with Crippen molar-refractivity contribution >= 4 is 28.3 Å². The Labute approximate surface area is 186 Å². The quantitative estimate of drug-likeness (QED) is 0.468. The maximum Gasteiger partial charge on any atom is 0.244 e. The monoisotopic (exact) mass is 424 g/mol. The van der Waals surface area contributed by atoms with Crippen LogP contribution in [0.4, 0.5) is 5.69 Å². The van der Waals surface area contributed by atoms with Crippen molar-refractivity contribution in [3.8, 4) is 0 Å². The molecule has 4 rings (SSSR count). The highest BCUT2D eigenvalue weighted by atomic mass is 16.2. The standard InChI is InChI=1S/C27H24N2O3/c1-17-8-11-20(12-9-17)26(31)23-15-29(24-7-5-4-6-22(24)27(23)32)16-25(30)28-21-13-10-18(2)19(3)14-21/h4-15H,16H2,1-3H3,(H,28,30). The van der Waals surface area contributed by atoms with Gasteiger partial charge in [0.15, 0.2) is 5.78 Å². The molecule has 1 amide bonds. The number of para-hydroxylation sites is 1. The first-order valence-electron chi connectivity index (χ1n) is 10.4. The molecular weight excluding hydrogens is 400 g/mol. The molecule has 0 unspecified atom stereocenters. The van der Waals surface area contributed by atoms with E-state index in [0.29, 0.717) is 22.2 Å². The molecule has 4 aromatic rings. The van der Waals surface area contributed by atoms with Crippen molar-refractivity contribution in [2.24, 2.45) is 0 Å². The Morgan fingerprint density at radius 3 is 2.31 bits per heavy atom. The minimum atomic E-state index is -0.357. The van der Waals surface area contributed by atoms with Crippen molar-refractivity contribution in [3.05, 3.63) is 111 Å². The number of benzene rings is 3. The number of carbonyl (C=O) groups excluding carboxylic acids is 2. The number of aromatic nitrogens is 1. The van der Waals surface area contributed by atoms with Crippen LogP contribution in [-0.2, 0) is 11.3 Å². The smallest absolute Gasteiger partial charge is 0.244 e. The summed E-state index contributed by atoms with van der Waals surface area (Å²) in [6.07, 6.45) is 1.49. The number of carbonyl (C=O) groups is 2. The minimum absolute atomic E-state index is 0.0259. The molecule has 1 heterocycles. The first-order chi connectivity index (χ1) is 15.3. The zero-order valence-corrected chi connectivity index (χ0v) is 18.3. The Morgan fingerprint density at radius 1 is 0.875 bits per heavy atom. The van der Waals surface area contributed by atoms with Crippen molar-refractivity contribution in [3.63, 3.8) is 0 Å². The lowest BCUT2D eigenvalue weighted by molar-refractivity contribution is -0.116. The molecule has 0 aliphatic carbocycles. The third-order valence-electron chi connectivity index (χ3n) is 5.65. The molecule has 0 saturated carbocycles. The number of pyridine rings is 1. The predicted octanol–water partition coefficient (Wildman–Crippen LogP) is 4.80. The van der Waals surface area contributed by atoms with Crippen LogP contribution in [0.15, 0.2) is 77.7 Å². The van der Waals surface area contributed by atoms with E-state index in [1.165, 1.54) is 6.20 Å². The van der Waals surface area contributed by atoms with Crippen LogP contribution >= 0.6 is 0 Å². The van der Waals surface area contributed by atoms with E-state index in [1.807, 2.05) is 51.1 Å². The van der Waals surface area contributed by atoms with Gasteiger partial charge in [-0.1, -0.05) is 48.0 Å². The van der Waals surface area contributed by atoms with Gasteiger partial charge in [-0.2, -0.15) is 0 Å². The van der Waals surface area contributed by atoms with E-state index in [4.69, 9.17) is 0 Å². The van der Waals surface area contributed by atoms with Crippen LogP contribution in [0, 0.1) is 20.8 Å². The number of nitrogens with one attached hydrogen (secondary N) is 1. The second-order valence-electron chi connectivity index (χ2n) is 8.06. The number of ketones is 1. The van der Waals surface area contributed by atoms with Crippen LogP contribution in [0.2, 0.25) is 0 Å². The molecule has 1 N–H and O–H groups in total. The summed E-state index contributed by atoms with van der Waals surface area (Å²) in [6, 6.07) is 19.9. The predicted molar refractivity (Wildman–Crippen MR) is 127 cm³/mol. The van der Waals surface area contributed by atoms with Gasteiger partial charge in [0, 0.05) is 22.8 Å². The Kier molecular flexibility index (Phi) is 5.73. The Bertz CT molecular complexity index is 1400. The molecule has 32 heavy (non-hydrogen) atoms. The lowest BCUT2D eigenvalue weighted by Crippen LogP contribution is -2.24. The summed E-state index contributed by atoms with van der Waals surface area (Å²) >= 11 is 0. The van der Waals surface area contributed by atoms with Crippen molar-refractivity contribution < 1.29 is 9.59 Å². The van der Waals surface area contributed by atoms with Crippen LogP contribution in [0.5, 0.6) is 0 Å². The highest BCUT2D eigenvalue weighted by molar-refractivity contribution is 6.10. The van der Waals surface area contributed by atoms with E-state index in [2.05, 4.69) is 5.32 Å². The van der Waals surface area contributed by atoms with Crippen LogP contribution in [0.1, 0.15) is 32.6 Å². The van der Waals surface area contributed by atoms with E-state index in [9.17, 15) is 14.4 Å². The summed E-state index contributed by atoms with van der Waals surface area (Å²) in [6.45, 7) is 5.91. The minimum Gasteiger partial charge on any atom is -0.337 e. The molecule has 0 fully saturated rings. The number of aryl methyl sites for hydroxylation is 3. The summed E-state index contributed by atoms with van der Waals surface area (Å²) in [4.78, 5) is 39.0. The fourth-order valence-electron chi connectivity index (χ4n) is 3.67. The second kappa shape index (κ2) is 8.63. The molecular formula is C27H24N2O3. The fourth-order valence-corrected chi connectivity index (χ4v) is 3.67. The molecule has 0 aliphatic heterocycles. The molecule has 0 radical (unpaired) electrons. The number of nitrogens with zero attached hydrogens (tertiary/aromatic N) is 1. The lowest BCUT2D eigenvalue weighted by atomic mass is 10.0. The highest BCUT2D eigenvalue weighted by Gasteiger charge is 2.18. The largest absolute Gasteiger partial charge is 0.337 e. The fraction of sp³-hybridized carbons (Fsp3) is 0.148.